The van der Waals surface area contributed by atoms with Crippen molar-refractivity contribution in [2.24, 2.45) is 0 Å². The zero-order valence-corrected chi connectivity index (χ0v) is 24.8. The van der Waals surface area contributed by atoms with Gasteiger partial charge in [-0.15, -0.1) is 0 Å². The smallest absolute Gasteiger partial charge is 0.416 e. The Morgan fingerprint density at radius 1 is 1.05 bits per heavy atom. The Morgan fingerprint density at radius 3 is 2.32 bits per heavy atom. The van der Waals surface area contributed by atoms with Gasteiger partial charge in [-0.1, -0.05) is 49.9 Å². The van der Waals surface area contributed by atoms with E-state index in [0.717, 1.165) is 11.6 Å². The van der Waals surface area contributed by atoms with Crippen molar-refractivity contribution >= 4 is 23.4 Å². The number of nitrogens with one attached hydrogen (secondary N) is 2. The molecule has 1 aromatic heterocycles. The number of aromatic amines is 1. The Hall–Kier alpha value is -4.70. The topological polar surface area (TPSA) is 108 Å². The van der Waals surface area contributed by atoms with Crippen molar-refractivity contribution in [3.8, 4) is 23.1 Å². The van der Waals surface area contributed by atoms with Crippen molar-refractivity contribution in [3.63, 3.8) is 0 Å². The highest BCUT2D eigenvalue weighted by atomic mass is 32.2. The standard InChI is InChI=1S/C29H21F5N4O3S.C2H6/c1-28(30,31)23-13-18(29(32,33)34)8-11-21(23)25(39)36-19-9-6-16(7-10-19)15-42-27-37-24(22(14-35)26(40)38-27)17-4-3-5-20(12-17)41-2;1-2/h3-13H,15H2,1-2H3,(H,36,39)(H,37,38,40);1-2H3. The number of rotatable bonds is 8. The predicted octanol–water partition coefficient (Wildman–Crippen LogP) is 8.02. The fraction of sp³-hybridized carbons (Fsp3) is 0.226. The van der Waals surface area contributed by atoms with Gasteiger partial charge in [0.25, 0.3) is 17.4 Å². The molecular weight excluding hydrogens is 603 g/mol. The van der Waals surface area contributed by atoms with Crippen LogP contribution >= 0.6 is 11.8 Å². The molecule has 7 nitrogen and oxygen atoms in total. The van der Waals surface area contributed by atoms with E-state index in [9.17, 15) is 36.8 Å². The first-order chi connectivity index (χ1) is 20.8. The number of alkyl halides is 5. The van der Waals surface area contributed by atoms with Gasteiger partial charge in [-0.3, -0.25) is 9.59 Å². The highest BCUT2D eigenvalue weighted by molar-refractivity contribution is 7.98. The molecule has 0 aliphatic carbocycles. The quantitative estimate of drug-likeness (QED) is 0.116. The maximum absolute atomic E-state index is 14.1. The molecule has 1 amide bonds. The summed E-state index contributed by atoms with van der Waals surface area (Å²) in [6, 6.07) is 16.5. The summed E-state index contributed by atoms with van der Waals surface area (Å²) < 4.78 is 72.5. The summed E-state index contributed by atoms with van der Waals surface area (Å²) in [6.07, 6.45) is -4.85. The van der Waals surface area contributed by atoms with Crippen LogP contribution in [0.5, 0.6) is 5.75 Å². The van der Waals surface area contributed by atoms with Crippen molar-refractivity contribution in [3.05, 3.63) is 105 Å². The molecule has 0 radical (unpaired) electrons. The number of aromatic nitrogens is 2. The van der Waals surface area contributed by atoms with Gasteiger partial charge in [0, 0.05) is 35.1 Å². The van der Waals surface area contributed by atoms with Crippen LogP contribution in [0.2, 0.25) is 0 Å². The molecule has 44 heavy (non-hydrogen) atoms. The van der Waals surface area contributed by atoms with E-state index in [1.54, 1.807) is 36.4 Å². The summed E-state index contributed by atoms with van der Waals surface area (Å²) in [5, 5.41) is 12.2. The van der Waals surface area contributed by atoms with Crippen LogP contribution in [0.3, 0.4) is 0 Å². The molecule has 0 fully saturated rings. The minimum Gasteiger partial charge on any atom is -0.497 e. The van der Waals surface area contributed by atoms with Crippen LogP contribution in [0, 0.1) is 11.3 Å². The van der Waals surface area contributed by atoms with Gasteiger partial charge in [-0.2, -0.15) is 18.4 Å². The number of halogens is 5. The average molecular weight is 631 g/mol. The number of methoxy groups -OCH3 is 1. The fourth-order valence-electron chi connectivity index (χ4n) is 3.92. The molecule has 0 saturated heterocycles. The van der Waals surface area contributed by atoms with E-state index in [-0.39, 0.29) is 28.2 Å². The van der Waals surface area contributed by atoms with E-state index in [1.807, 2.05) is 19.9 Å². The van der Waals surface area contributed by atoms with Gasteiger partial charge in [0.2, 0.25) is 0 Å². The van der Waals surface area contributed by atoms with Gasteiger partial charge in [0.05, 0.1) is 18.4 Å². The molecule has 4 aromatic rings. The lowest BCUT2D eigenvalue weighted by atomic mass is 9.98. The van der Waals surface area contributed by atoms with Crippen molar-refractivity contribution < 1.29 is 31.5 Å². The van der Waals surface area contributed by atoms with Crippen LogP contribution in [0.1, 0.15) is 53.4 Å². The summed E-state index contributed by atoms with van der Waals surface area (Å²) >= 11 is 1.18. The lowest BCUT2D eigenvalue weighted by Gasteiger charge is -2.18. The normalized spacial score (nSPS) is 11.2. The van der Waals surface area contributed by atoms with Crippen molar-refractivity contribution in [1.82, 2.24) is 9.97 Å². The minimum absolute atomic E-state index is 0.148. The molecular formula is C31H27F5N4O3S. The van der Waals surface area contributed by atoms with E-state index in [1.165, 1.54) is 31.0 Å². The molecule has 0 spiro atoms. The predicted molar refractivity (Wildman–Crippen MR) is 158 cm³/mol. The lowest BCUT2D eigenvalue weighted by Crippen LogP contribution is -2.21. The van der Waals surface area contributed by atoms with Crippen LogP contribution in [-0.4, -0.2) is 23.0 Å². The molecule has 2 N–H and O–H groups in total. The number of ether oxygens (including phenoxy) is 1. The minimum atomic E-state index is -4.85. The Labute approximate surface area is 254 Å². The molecule has 0 aliphatic rings. The van der Waals surface area contributed by atoms with Crippen molar-refractivity contribution in [2.45, 2.75) is 43.8 Å². The third kappa shape index (κ3) is 8.23. The third-order valence-electron chi connectivity index (χ3n) is 6.00. The summed E-state index contributed by atoms with van der Waals surface area (Å²) in [5.74, 6) is -3.84. The second-order valence-electron chi connectivity index (χ2n) is 9.02. The summed E-state index contributed by atoms with van der Waals surface area (Å²) in [6.45, 7) is 4.42. The molecule has 230 valence electrons. The van der Waals surface area contributed by atoms with Crippen LogP contribution < -0.4 is 15.6 Å². The molecule has 0 atom stereocenters. The third-order valence-corrected chi connectivity index (χ3v) is 6.95. The number of thioether (sulfide) groups is 1. The van der Waals surface area contributed by atoms with Gasteiger partial charge in [-0.05, 0) is 48.0 Å². The maximum atomic E-state index is 14.1. The molecule has 1 heterocycles. The van der Waals surface area contributed by atoms with Crippen molar-refractivity contribution in [2.75, 3.05) is 12.4 Å². The van der Waals surface area contributed by atoms with Gasteiger partial charge in [-0.25, -0.2) is 13.8 Å². The number of nitrogens with zero attached hydrogens (tertiary/aromatic N) is 2. The Kier molecular flexibility index (Phi) is 10.9. The molecule has 13 heteroatoms. The SMILES string of the molecule is CC.COc1cccc(-c2nc(SCc3ccc(NC(=O)c4ccc(C(F)(F)F)cc4C(C)(F)F)cc3)[nH]c(=O)c2C#N)c1. The Bertz CT molecular complexity index is 1730. The fourth-order valence-corrected chi connectivity index (χ4v) is 4.74. The summed E-state index contributed by atoms with van der Waals surface area (Å²) in [4.78, 5) is 32.3. The molecule has 3 aromatic carbocycles. The second kappa shape index (κ2) is 14.2. The van der Waals surface area contributed by atoms with Crippen LogP contribution in [-0.2, 0) is 17.9 Å². The lowest BCUT2D eigenvalue weighted by molar-refractivity contribution is -0.137. The highest BCUT2D eigenvalue weighted by Crippen LogP contribution is 2.36. The zero-order chi connectivity index (χ0) is 32.7. The van der Waals surface area contributed by atoms with Crippen LogP contribution in [0.4, 0.5) is 27.6 Å². The van der Waals surface area contributed by atoms with Crippen LogP contribution in [0.15, 0.2) is 76.7 Å². The van der Waals surface area contributed by atoms with E-state index in [0.29, 0.717) is 30.1 Å². The first-order valence-electron chi connectivity index (χ1n) is 13.1. The molecule has 4 rings (SSSR count). The first kappa shape index (κ1) is 33.8. The molecule has 0 aliphatic heterocycles. The number of H-pyrrole nitrogens is 1. The first-order valence-corrected chi connectivity index (χ1v) is 14.1. The van der Waals surface area contributed by atoms with Gasteiger partial charge < -0.3 is 15.0 Å². The Morgan fingerprint density at radius 2 is 1.73 bits per heavy atom. The number of hydrogen-bond acceptors (Lipinski definition) is 6. The van der Waals surface area contributed by atoms with E-state index in [4.69, 9.17) is 4.74 Å². The monoisotopic (exact) mass is 630 g/mol. The Balaban J connectivity index is 0.00000259. The average Bonchev–Trinajstić information content (AvgIpc) is 3.00. The number of amides is 1. The number of carbonyl (C=O) groups excluding carboxylic acids is 1. The van der Waals surface area contributed by atoms with Gasteiger partial charge in [0.1, 0.15) is 17.4 Å². The van der Waals surface area contributed by atoms with E-state index >= 15 is 0 Å². The molecule has 0 unspecified atom stereocenters. The van der Waals surface area contributed by atoms with Crippen molar-refractivity contribution in [1.29, 1.82) is 5.26 Å². The van der Waals surface area contributed by atoms with E-state index < -0.39 is 40.3 Å². The molecule has 0 saturated carbocycles. The number of carbonyl (C=O) groups is 1. The number of nitriles is 1. The van der Waals surface area contributed by atoms with E-state index in [2.05, 4.69) is 15.3 Å². The number of hydrogen-bond donors (Lipinski definition) is 2. The second-order valence-corrected chi connectivity index (χ2v) is 9.99. The zero-order valence-electron chi connectivity index (χ0n) is 24.0. The number of anilines is 1. The molecule has 0 bridgehead atoms. The van der Waals surface area contributed by atoms with Gasteiger partial charge in [0.15, 0.2) is 5.16 Å². The largest absolute Gasteiger partial charge is 0.497 e. The maximum Gasteiger partial charge on any atom is 0.416 e. The number of benzene rings is 3. The summed E-state index contributed by atoms with van der Waals surface area (Å²) in [5.41, 5.74) is -1.98. The summed E-state index contributed by atoms with van der Waals surface area (Å²) in [7, 11) is 1.49. The van der Waals surface area contributed by atoms with Crippen LogP contribution in [0.25, 0.3) is 11.3 Å². The highest BCUT2D eigenvalue weighted by Gasteiger charge is 2.36. The van der Waals surface area contributed by atoms with Gasteiger partial charge >= 0.3 is 6.18 Å².